The van der Waals surface area contributed by atoms with Crippen molar-refractivity contribution in [1.82, 2.24) is 9.78 Å². The zero-order chi connectivity index (χ0) is 16.3. The van der Waals surface area contributed by atoms with Crippen LogP contribution in [0.4, 0.5) is 0 Å². The molecule has 0 fully saturated rings. The molecule has 0 unspecified atom stereocenters. The molecule has 0 N–H and O–H groups in total. The van der Waals surface area contributed by atoms with Crippen molar-refractivity contribution in [3.8, 4) is 0 Å². The maximum Gasteiger partial charge on any atom is 0.158 e. The summed E-state index contributed by atoms with van der Waals surface area (Å²) >= 11 is 9.73. The molecule has 4 heteroatoms. The Hall–Kier alpha value is -1.32. The summed E-state index contributed by atoms with van der Waals surface area (Å²) in [5.74, 6) is 0. The van der Waals surface area contributed by atoms with E-state index in [0.29, 0.717) is 5.15 Å². The molecule has 2 aromatic carbocycles. The van der Waals surface area contributed by atoms with E-state index >= 15 is 0 Å². The van der Waals surface area contributed by atoms with E-state index in [-0.39, 0.29) is 0 Å². The molecule has 0 saturated carbocycles. The Bertz CT molecular complexity index is 773. The van der Waals surface area contributed by atoms with E-state index in [1.54, 1.807) is 0 Å². The van der Waals surface area contributed by atoms with E-state index in [9.17, 15) is 0 Å². The lowest BCUT2D eigenvalue weighted by molar-refractivity contribution is 0.706. The van der Waals surface area contributed by atoms with Crippen molar-refractivity contribution in [2.24, 2.45) is 0 Å². The summed E-state index contributed by atoms with van der Waals surface area (Å²) < 4.78 is 3.00. The van der Waals surface area contributed by atoms with Gasteiger partial charge < -0.3 is 0 Å². The number of aromatic nitrogens is 2. The molecule has 0 radical (unpaired) electrons. The minimum absolute atomic E-state index is 0.554. The third-order valence-electron chi connectivity index (χ3n) is 3.62. The topological polar surface area (TPSA) is 17.8 Å². The first-order valence-electron chi connectivity index (χ1n) is 7.43. The number of fused-ring (bicyclic) bond motifs is 1. The Balaban J connectivity index is 0.000000847. The highest BCUT2D eigenvalue weighted by Gasteiger charge is 2.11. The lowest BCUT2D eigenvalue weighted by Gasteiger charge is -2.10. The number of nitrogens with zero attached hydrogens (tertiary/aromatic N) is 2. The van der Waals surface area contributed by atoms with Crippen molar-refractivity contribution >= 4 is 38.4 Å². The Labute approximate surface area is 145 Å². The molecular formula is C18H20BrClN2. The molecule has 0 aliphatic carbocycles. The zero-order valence-corrected chi connectivity index (χ0v) is 15.7. The van der Waals surface area contributed by atoms with Crippen LogP contribution in [0.15, 0.2) is 40.9 Å². The zero-order valence-electron chi connectivity index (χ0n) is 13.3. The standard InChI is InChI=1S/C16H14BrClN2.C2H6/c1-10-4-3-5-11(2)14(10)9-20-15-8-12(17)6-7-13(15)16(18)19-20;1-2/h3-8H,9H2,1-2H3;1-2H3. The van der Waals surface area contributed by atoms with Gasteiger partial charge in [-0.3, -0.25) is 4.68 Å². The first kappa shape index (κ1) is 17.0. The molecule has 3 rings (SSSR count). The molecule has 0 spiro atoms. The van der Waals surface area contributed by atoms with Crippen molar-refractivity contribution in [3.63, 3.8) is 0 Å². The summed E-state index contributed by atoms with van der Waals surface area (Å²) in [6.45, 7) is 9.00. The first-order chi connectivity index (χ1) is 10.6. The van der Waals surface area contributed by atoms with Gasteiger partial charge in [0.1, 0.15) is 0 Å². The van der Waals surface area contributed by atoms with Gasteiger partial charge in [-0.1, -0.05) is 59.6 Å². The Morgan fingerprint density at radius 2 is 1.73 bits per heavy atom. The fourth-order valence-corrected chi connectivity index (χ4v) is 3.08. The monoisotopic (exact) mass is 378 g/mol. The van der Waals surface area contributed by atoms with E-state index in [4.69, 9.17) is 11.6 Å². The van der Waals surface area contributed by atoms with E-state index in [2.05, 4.69) is 59.1 Å². The van der Waals surface area contributed by atoms with Gasteiger partial charge in [-0.15, -0.1) is 0 Å². The van der Waals surface area contributed by atoms with Crippen LogP contribution in [0.2, 0.25) is 5.15 Å². The molecule has 2 nitrogen and oxygen atoms in total. The Morgan fingerprint density at radius 3 is 2.36 bits per heavy atom. The third-order valence-corrected chi connectivity index (χ3v) is 4.39. The maximum atomic E-state index is 6.23. The largest absolute Gasteiger partial charge is 0.259 e. The van der Waals surface area contributed by atoms with E-state index in [1.165, 1.54) is 16.7 Å². The van der Waals surface area contributed by atoms with Gasteiger partial charge in [0.2, 0.25) is 0 Å². The molecule has 0 saturated heterocycles. The summed E-state index contributed by atoms with van der Waals surface area (Å²) in [6, 6.07) is 12.4. The average molecular weight is 380 g/mol. The number of hydrogen-bond donors (Lipinski definition) is 0. The van der Waals surface area contributed by atoms with Gasteiger partial charge in [0.05, 0.1) is 12.1 Å². The molecule has 3 aromatic rings. The minimum Gasteiger partial charge on any atom is -0.259 e. The highest BCUT2D eigenvalue weighted by molar-refractivity contribution is 9.10. The quantitative estimate of drug-likeness (QED) is 0.522. The fourth-order valence-electron chi connectivity index (χ4n) is 2.48. The Kier molecular flexibility index (Phi) is 5.65. The molecular weight excluding hydrogens is 360 g/mol. The van der Waals surface area contributed by atoms with E-state index < -0.39 is 0 Å². The molecule has 1 aromatic heterocycles. The van der Waals surface area contributed by atoms with Crippen LogP contribution in [0.25, 0.3) is 10.9 Å². The van der Waals surface area contributed by atoms with Crippen LogP contribution in [0.3, 0.4) is 0 Å². The highest BCUT2D eigenvalue weighted by Crippen LogP contribution is 2.27. The fraction of sp³-hybridized carbons (Fsp3) is 0.278. The van der Waals surface area contributed by atoms with Crippen molar-refractivity contribution in [1.29, 1.82) is 0 Å². The Morgan fingerprint density at radius 1 is 1.09 bits per heavy atom. The minimum atomic E-state index is 0.554. The maximum absolute atomic E-state index is 6.23. The molecule has 0 aliphatic heterocycles. The normalized spacial score (nSPS) is 10.5. The number of hydrogen-bond acceptors (Lipinski definition) is 1. The van der Waals surface area contributed by atoms with Crippen LogP contribution in [-0.2, 0) is 6.54 Å². The van der Waals surface area contributed by atoms with Crippen molar-refractivity contribution in [2.75, 3.05) is 0 Å². The number of rotatable bonds is 2. The summed E-state index contributed by atoms with van der Waals surface area (Å²) in [5.41, 5.74) is 4.90. The van der Waals surface area contributed by atoms with Crippen LogP contribution >= 0.6 is 27.5 Å². The van der Waals surface area contributed by atoms with Crippen molar-refractivity contribution in [3.05, 3.63) is 62.7 Å². The third kappa shape index (κ3) is 3.36. The summed E-state index contributed by atoms with van der Waals surface area (Å²) in [5, 5.41) is 6.01. The molecule has 116 valence electrons. The first-order valence-corrected chi connectivity index (χ1v) is 8.60. The van der Waals surface area contributed by atoms with Gasteiger partial charge in [0.15, 0.2) is 5.15 Å². The summed E-state index contributed by atoms with van der Waals surface area (Å²) in [4.78, 5) is 0. The number of aryl methyl sites for hydroxylation is 2. The van der Waals surface area contributed by atoms with E-state index in [0.717, 1.165) is 21.9 Å². The number of halogens is 2. The highest BCUT2D eigenvalue weighted by atomic mass is 79.9. The second-order valence-electron chi connectivity index (χ2n) is 4.98. The lowest BCUT2D eigenvalue weighted by atomic mass is 10.0. The molecule has 1 heterocycles. The predicted octanol–water partition coefficient (Wildman–Crippen LogP) is 6.14. The SMILES string of the molecule is CC.Cc1cccc(C)c1Cn1nc(Cl)c2ccc(Br)cc21. The summed E-state index contributed by atoms with van der Waals surface area (Å²) in [6.07, 6.45) is 0. The van der Waals surface area contributed by atoms with Crippen LogP contribution in [0.5, 0.6) is 0 Å². The van der Waals surface area contributed by atoms with Crippen LogP contribution < -0.4 is 0 Å². The van der Waals surface area contributed by atoms with Crippen molar-refractivity contribution in [2.45, 2.75) is 34.2 Å². The molecule has 0 amide bonds. The van der Waals surface area contributed by atoms with Crippen LogP contribution in [0.1, 0.15) is 30.5 Å². The van der Waals surface area contributed by atoms with E-state index in [1.807, 2.05) is 30.7 Å². The number of benzene rings is 2. The molecule has 0 aliphatic rings. The van der Waals surface area contributed by atoms with Gasteiger partial charge in [-0.25, -0.2) is 0 Å². The van der Waals surface area contributed by atoms with Gasteiger partial charge in [-0.05, 0) is 48.7 Å². The summed E-state index contributed by atoms with van der Waals surface area (Å²) in [7, 11) is 0. The second kappa shape index (κ2) is 7.30. The molecule has 0 atom stereocenters. The predicted molar refractivity (Wildman–Crippen MR) is 98.8 cm³/mol. The lowest BCUT2D eigenvalue weighted by Crippen LogP contribution is -2.05. The van der Waals surface area contributed by atoms with Gasteiger partial charge in [0, 0.05) is 9.86 Å². The van der Waals surface area contributed by atoms with Crippen LogP contribution in [-0.4, -0.2) is 9.78 Å². The van der Waals surface area contributed by atoms with Gasteiger partial charge >= 0.3 is 0 Å². The average Bonchev–Trinajstić information content (AvgIpc) is 2.81. The van der Waals surface area contributed by atoms with Gasteiger partial charge in [0.25, 0.3) is 0 Å². The molecule has 0 bridgehead atoms. The second-order valence-corrected chi connectivity index (χ2v) is 6.25. The molecule has 22 heavy (non-hydrogen) atoms. The van der Waals surface area contributed by atoms with Crippen molar-refractivity contribution < 1.29 is 0 Å². The van der Waals surface area contributed by atoms with Gasteiger partial charge in [-0.2, -0.15) is 5.10 Å². The van der Waals surface area contributed by atoms with Crippen LogP contribution in [0, 0.1) is 13.8 Å². The smallest absolute Gasteiger partial charge is 0.158 e.